The van der Waals surface area contributed by atoms with Gasteiger partial charge in [-0.2, -0.15) is 0 Å². The maximum absolute atomic E-state index is 12.8. The molecule has 1 heterocycles. The van der Waals surface area contributed by atoms with E-state index in [2.05, 4.69) is 0 Å². The van der Waals surface area contributed by atoms with Gasteiger partial charge in [-0.15, -0.1) is 0 Å². The molecule has 0 N–H and O–H groups in total. The Morgan fingerprint density at radius 3 is 2.16 bits per heavy atom. The van der Waals surface area contributed by atoms with Gasteiger partial charge in [0.2, 0.25) is 0 Å². The number of rotatable bonds is 7. The summed E-state index contributed by atoms with van der Waals surface area (Å²) >= 11 is 0. The van der Waals surface area contributed by atoms with Crippen LogP contribution in [0, 0.1) is 0 Å². The number of esters is 2. The van der Waals surface area contributed by atoms with Crippen LogP contribution in [-0.4, -0.2) is 54.8 Å². The Kier molecular flexibility index (Phi) is 6.84. The third-order valence-corrected chi connectivity index (χ3v) is 5.59. The first-order valence-corrected chi connectivity index (χ1v) is 10.7. The van der Waals surface area contributed by atoms with Crippen LogP contribution >= 0.6 is 0 Å². The number of amides is 1. The largest absolute Gasteiger partial charge is 0.454 e. The van der Waals surface area contributed by atoms with Crippen LogP contribution in [0.5, 0.6) is 0 Å². The summed E-state index contributed by atoms with van der Waals surface area (Å²) in [7, 11) is 0. The Hall–Kier alpha value is -3.61. The highest BCUT2D eigenvalue weighted by molar-refractivity contribution is 5.90. The second-order valence-electron chi connectivity index (χ2n) is 7.71. The van der Waals surface area contributed by atoms with E-state index in [0.717, 1.165) is 5.57 Å². The van der Waals surface area contributed by atoms with Crippen LogP contribution in [0.4, 0.5) is 4.79 Å². The number of cyclic esters (lactones) is 1. The molecule has 1 aliphatic carbocycles. The highest BCUT2D eigenvalue weighted by Crippen LogP contribution is 2.29. The number of ether oxygens (including phenoxy) is 3. The van der Waals surface area contributed by atoms with E-state index in [4.69, 9.17) is 14.2 Å². The van der Waals surface area contributed by atoms with E-state index >= 15 is 0 Å². The molecule has 0 aromatic heterocycles. The van der Waals surface area contributed by atoms with E-state index in [1.807, 2.05) is 18.2 Å². The van der Waals surface area contributed by atoms with Crippen LogP contribution in [0.1, 0.15) is 40.0 Å². The van der Waals surface area contributed by atoms with Gasteiger partial charge in [0.15, 0.2) is 6.10 Å². The van der Waals surface area contributed by atoms with Gasteiger partial charge in [-0.1, -0.05) is 42.5 Å². The highest BCUT2D eigenvalue weighted by Gasteiger charge is 2.35. The Morgan fingerprint density at radius 1 is 0.938 bits per heavy atom. The molecule has 0 saturated carbocycles. The zero-order valence-corrected chi connectivity index (χ0v) is 17.6. The average molecular weight is 435 g/mol. The van der Waals surface area contributed by atoms with Crippen molar-refractivity contribution in [2.24, 2.45) is 0 Å². The molecule has 1 fully saturated rings. The summed E-state index contributed by atoms with van der Waals surface area (Å²) in [5.41, 5.74) is 1.70. The molecule has 2 aliphatic rings. The highest BCUT2D eigenvalue weighted by atomic mass is 16.6. The van der Waals surface area contributed by atoms with Crippen molar-refractivity contribution < 1.29 is 28.6 Å². The van der Waals surface area contributed by atoms with Crippen molar-refractivity contribution in [3.05, 3.63) is 83.4 Å². The molecule has 1 amide bonds. The predicted octanol–water partition coefficient (Wildman–Crippen LogP) is 4.00. The van der Waals surface area contributed by atoms with E-state index in [-0.39, 0.29) is 6.09 Å². The van der Waals surface area contributed by atoms with Gasteiger partial charge in [0, 0.05) is 6.54 Å². The van der Waals surface area contributed by atoms with Gasteiger partial charge in [-0.25, -0.2) is 14.4 Å². The van der Waals surface area contributed by atoms with Crippen LogP contribution in [0.3, 0.4) is 0 Å². The molecule has 2 aromatic rings. The molecule has 1 saturated heterocycles. The van der Waals surface area contributed by atoms with E-state index in [0.29, 0.717) is 50.1 Å². The maximum Gasteiger partial charge on any atom is 0.409 e. The molecule has 1 aliphatic heterocycles. The minimum atomic E-state index is -0.720. The summed E-state index contributed by atoms with van der Waals surface area (Å²) in [6, 6.07) is 17.4. The maximum atomic E-state index is 12.8. The van der Waals surface area contributed by atoms with Gasteiger partial charge in [-0.3, -0.25) is 0 Å². The van der Waals surface area contributed by atoms with Crippen molar-refractivity contribution in [1.29, 1.82) is 0 Å². The monoisotopic (exact) mass is 435 g/mol. The fourth-order valence-corrected chi connectivity index (χ4v) is 3.89. The molecule has 0 spiro atoms. The van der Waals surface area contributed by atoms with Crippen LogP contribution in [-0.2, 0) is 14.2 Å². The number of benzene rings is 2. The molecular weight excluding hydrogens is 410 g/mol. The SMILES string of the molecule is O=C(O[C@H]1CCC=C(CCN2CCOC2=O)[C@H]1OC(=O)c1ccccc1)c1ccccc1. The van der Waals surface area contributed by atoms with E-state index in [9.17, 15) is 14.4 Å². The molecule has 4 rings (SSSR count). The fourth-order valence-electron chi connectivity index (χ4n) is 3.89. The minimum Gasteiger partial charge on any atom is -0.454 e. The lowest BCUT2D eigenvalue weighted by atomic mass is 9.91. The summed E-state index contributed by atoms with van der Waals surface area (Å²) in [6.07, 6.45) is 2.07. The quantitative estimate of drug-likeness (QED) is 0.371. The first kappa shape index (κ1) is 21.6. The van der Waals surface area contributed by atoms with Crippen molar-refractivity contribution in [2.75, 3.05) is 19.7 Å². The Bertz CT molecular complexity index is 988. The molecule has 166 valence electrons. The smallest absolute Gasteiger partial charge is 0.409 e. The number of nitrogens with zero attached hydrogens (tertiary/aromatic N) is 1. The Morgan fingerprint density at radius 2 is 1.56 bits per heavy atom. The lowest BCUT2D eigenvalue weighted by Gasteiger charge is -2.32. The minimum absolute atomic E-state index is 0.341. The van der Waals surface area contributed by atoms with E-state index in [1.54, 1.807) is 53.4 Å². The van der Waals surface area contributed by atoms with Crippen molar-refractivity contribution in [3.8, 4) is 0 Å². The number of hydrogen-bond acceptors (Lipinski definition) is 6. The van der Waals surface area contributed by atoms with E-state index < -0.39 is 24.1 Å². The third kappa shape index (κ3) is 5.17. The standard InChI is InChI=1S/C25H25NO6/c27-23(19-8-3-1-4-9-19)31-21-13-7-12-18(14-15-26-16-17-30-25(26)29)22(21)32-24(28)20-10-5-2-6-11-20/h1-6,8-12,21-22H,7,13-17H2/t21-,22+/m0/s1. The van der Waals surface area contributed by atoms with Gasteiger partial charge in [-0.05, 0) is 49.1 Å². The summed E-state index contributed by atoms with van der Waals surface area (Å²) in [6.45, 7) is 1.36. The van der Waals surface area contributed by atoms with Gasteiger partial charge in [0.1, 0.15) is 12.7 Å². The summed E-state index contributed by atoms with van der Waals surface area (Å²) in [4.78, 5) is 38.9. The van der Waals surface area contributed by atoms with Gasteiger partial charge < -0.3 is 19.1 Å². The fraction of sp³-hybridized carbons (Fsp3) is 0.320. The van der Waals surface area contributed by atoms with Crippen LogP contribution in [0.15, 0.2) is 72.3 Å². The molecular formula is C25H25NO6. The molecule has 0 bridgehead atoms. The number of carbonyl (C=O) groups excluding carboxylic acids is 3. The lowest BCUT2D eigenvalue weighted by Crippen LogP contribution is -2.40. The van der Waals surface area contributed by atoms with Crippen LogP contribution in [0.25, 0.3) is 0 Å². The predicted molar refractivity (Wildman–Crippen MR) is 116 cm³/mol. The Labute approximate surface area is 186 Å². The molecule has 2 aromatic carbocycles. The zero-order chi connectivity index (χ0) is 22.3. The lowest BCUT2D eigenvalue weighted by molar-refractivity contribution is -0.0305. The topological polar surface area (TPSA) is 82.1 Å². The second kappa shape index (κ2) is 10.1. The molecule has 0 unspecified atom stereocenters. The summed E-state index contributed by atoms with van der Waals surface area (Å²) in [5.74, 6) is -0.939. The number of allylic oxidation sites excluding steroid dienone is 1. The van der Waals surface area contributed by atoms with Gasteiger partial charge >= 0.3 is 18.0 Å². The molecule has 7 nitrogen and oxygen atoms in total. The Balaban J connectivity index is 1.51. The summed E-state index contributed by atoms with van der Waals surface area (Å²) < 4.78 is 16.6. The average Bonchev–Trinajstić information content (AvgIpc) is 3.24. The van der Waals surface area contributed by atoms with Crippen molar-refractivity contribution >= 4 is 18.0 Å². The summed E-state index contributed by atoms with van der Waals surface area (Å²) in [5, 5.41) is 0. The van der Waals surface area contributed by atoms with Crippen molar-refractivity contribution in [2.45, 2.75) is 31.5 Å². The number of carbonyl (C=O) groups is 3. The van der Waals surface area contributed by atoms with Crippen molar-refractivity contribution in [1.82, 2.24) is 4.90 Å². The van der Waals surface area contributed by atoms with Crippen molar-refractivity contribution in [3.63, 3.8) is 0 Å². The molecule has 2 atom stereocenters. The molecule has 32 heavy (non-hydrogen) atoms. The van der Waals surface area contributed by atoms with Crippen LogP contribution in [0.2, 0.25) is 0 Å². The van der Waals surface area contributed by atoms with E-state index in [1.165, 1.54) is 0 Å². The molecule has 7 heteroatoms. The second-order valence-corrected chi connectivity index (χ2v) is 7.71. The first-order valence-electron chi connectivity index (χ1n) is 10.7. The first-order chi connectivity index (χ1) is 15.6. The van der Waals surface area contributed by atoms with Gasteiger partial charge in [0.25, 0.3) is 0 Å². The number of hydrogen-bond donors (Lipinski definition) is 0. The zero-order valence-electron chi connectivity index (χ0n) is 17.6. The molecule has 0 radical (unpaired) electrons. The van der Waals surface area contributed by atoms with Gasteiger partial charge in [0.05, 0.1) is 17.7 Å². The normalized spacial score (nSPS) is 20.3. The third-order valence-electron chi connectivity index (χ3n) is 5.59. The van der Waals surface area contributed by atoms with Crippen LogP contribution < -0.4 is 0 Å².